The largest absolute Gasteiger partial charge is 0.457 e. The molecule has 0 radical (unpaired) electrons. The number of para-hydroxylation sites is 1. The summed E-state index contributed by atoms with van der Waals surface area (Å²) in [6.07, 6.45) is 3.75. The molecule has 7 aromatic rings. The van der Waals surface area contributed by atoms with E-state index in [-0.39, 0.29) is 6.04 Å². The smallest absolute Gasteiger partial charge is 0.166 e. The SMILES string of the molecule is c1ccc(Oc2ccc(-c3nn([C@@H]4CCCNC4)c4ncnc(N=P(c5ccccc5)(c5ccccc5)c5ccccc5)c34)cc2)cc1. The number of hydrogen-bond donors (Lipinski definition) is 1. The van der Waals surface area contributed by atoms with Crippen molar-refractivity contribution in [2.24, 2.45) is 4.74 Å². The molecular formula is C40H35N6OP. The maximum absolute atomic E-state index is 6.12. The summed E-state index contributed by atoms with van der Waals surface area (Å²) in [6.45, 7) is 1.85. The van der Waals surface area contributed by atoms with Crippen LogP contribution in [0.4, 0.5) is 5.82 Å². The minimum atomic E-state index is -2.60. The van der Waals surface area contributed by atoms with Crippen LogP contribution in [0.15, 0.2) is 157 Å². The fourth-order valence-electron chi connectivity index (χ4n) is 6.53. The van der Waals surface area contributed by atoms with Gasteiger partial charge >= 0.3 is 0 Å². The second kappa shape index (κ2) is 13.4. The van der Waals surface area contributed by atoms with Crippen LogP contribution in [0.25, 0.3) is 22.3 Å². The minimum absolute atomic E-state index is 0.176. The van der Waals surface area contributed by atoms with Crippen LogP contribution < -0.4 is 26.0 Å². The van der Waals surface area contributed by atoms with E-state index in [1.165, 1.54) is 0 Å². The molecule has 48 heavy (non-hydrogen) atoms. The normalized spacial score (nSPS) is 14.9. The lowest BCUT2D eigenvalue weighted by atomic mass is 10.1. The van der Waals surface area contributed by atoms with Gasteiger partial charge in [-0.3, -0.25) is 0 Å². The van der Waals surface area contributed by atoms with E-state index in [4.69, 9.17) is 24.5 Å². The predicted octanol–water partition coefficient (Wildman–Crippen LogP) is 8.02. The van der Waals surface area contributed by atoms with Gasteiger partial charge < -0.3 is 10.1 Å². The number of nitrogens with one attached hydrogen (secondary N) is 1. The number of ether oxygens (including phenoxy) is 1. The first-order valence-electron chi connectivity index (χ1n) is 16.4. The molecule has 0 amide bonds. The third-order valence-electron chi connectivity index (χ3n) is 8.83. The fourth-order valence-corrected chi connectivity index (χ4v) is 10.0. The molecule has 3 heterocycles. The molecule has 1 saturated heterocycles. The van der Waals surface area contributed by atoms with E-state index in [1.54, 1.807) is 6.33 Å². The lowest BCUT2D eigenvalue weighted by molar-refractivity contribution is 0.354. The second-order valence-corrected chi connectivity index (χ2v) is 14.9. The predicted molar refractivity (Wildman–Crippen MR) is 196 cm³/mol. The number of aromatic nitrogens is 4. The number of hydrogen-bond acceptors (Lipinski definition) is 6. The van der Waals surface area contributed by atoms with E-state index >= 15 is 0 Å². The summed E-state index contributed by atoms with van der Waals surface area (Å²) in [6, 6.07) is 50.0. The van der Waals surface area contributed by atoms with E-state index in [0.717, 1.165) is 75.6 Å². The quantitative estimate of drug-likeness (QED) is 0.169. The maximum Gasteiger partial charge on any atom is 0.166 e. The van der Waals surface area contributed by atoms with Crippen LogP contribution >= 0.6 is 7.05 Å². The molecule has 0 saturated carbocycles. The third kappa shape index (κ3) is 5.72. The molecule has 0 spiro atoms. The summed E-state index contributed by atoms with van der Waals surface area (Å²) in [5.74, 6) is 2.19. The Labute approximate surface area is 280 Å². The number of rotatable bonds is 8. The first-order valence-corrected chi connectivity index (χ1v) is 18.1. The van der Waals surface area contributed by atoms with Gasteiger partial charge in [-0.05, 0) is 55.8 Å². The van der Waals surface area contributed by atoms with Crippen LogP contribution in [-0.2, 0) is 0 Å². The van der Waals surface area contributed by atoms with E-state index in [2.05, 4.69) is 113 Å². The molecule has 2 aromatic heterocycles. The van der Waals surface area contributed by atoms with Gasteiger partial charge in [-0.1, -0.05) is 109 Å². The Morgan fingerprint density at radius 3 is 1.79 bits per heavy atom. The summed E-state index contributed by atoms with van der Waals surface area (Å²) < 4.78 is 14.0. The molecule has 7 nitrogen and oxygen atoms in total. The van der Waals surface area contributed by atoms with E-state index in [1.807, 2.05) is 42.5 Å². The van der Waals surface area contributed by atoms with Crippen molar-refractivity contribution in [2.45, 2.75) is 18.9 Å². The molecule has 8 rings (SSSR count). The van der Waals surface area contributed by atoms with Gasteiger partial charge in [0.1, 0.15) is 23.5 Å². The van der Waals surface area contributed by atoms with Gasteiger partial charge in [-0.25, -0.2) is 19.4 Å². The highest BCUT2D eigenvalue weighted by atomic mass is 31.2. The first-order chi connectivity index (χ1) is 23.8. The van der Waals surface area contributed by atoms with Crippen LogP contribution in [0, 0.1) is 0 Å². The number of nitrogens with zero attached hydrogens (tertiary/aromatic N) is 5. The average molecular weight is 647 g/mol. The van der Waals surface area contributed by atoms with Gasteiger partial charge in [0.2, 0.25) is 0 Å². The van der Waals surface area contributed by atoms with Gasteiger partial charge in [-0.15, -0.1) is 0 Å². The van der Waals surface area contributed by atoms with Gasteiger partial charge in [0.05, 0.1) is 18.5 Å². The van der Waals surface area contributed by atoms with Gasteiger partial charge in [-0.2, -0.15) is 5.10 Å². The van der Waals surface area contributed by atoms with Crippen molar-refractivity contribution in [3.05, 3.63) is 152 Å². The fraction of sp³-hybridized carbons (Fsp3) is 0.125. The molecule has 236 valence electrons. The van der Waals surface area contributed by atoms with Crippen molar-refractivity contribution in [3.63, 3.8) is 0 Å². The molecule has 0 bridgehead atoms. The van der Waals surface area contributed by atoms with Gasteiger partial charge in [0.25, 0.3) is 0 Å². The zero-order chi connectivity index (χ0) is 32.2. The van der Waals surface area contributed by atoms with Crippen LogP contribution in [-0.4, -0.2) is 32.8 Å². The number of piperidine rings is 1. The van der Waals surface area contributed by atoms with Crippen molar-refractivity contribution in [2.75, 3.05) is 13.1 Å². The topological polar surface area (TPSA) is 77.2 Å². The Bertz CT molecular complexity index is 2080. The summed E-state index contributed by atoms with van der Waals surface area (Å²) >= 11 is 0. The Kier molecular flexibility index (Phi) is 8.38. The van der Waals surface area contributed by atoms with E-state index < -0.39 is 7.05 Å². The molecule has 1 N–H and O–H groups in total. The molecule has 0 aliphatic carbocycles. The highest BCUT2D eigenvalue weighted by Crippen LogP contribution is 2.50. The zero-order valence-corrected chi connectivity index (χ0v) is 27.3. The van der Waals surface area contributed by atoms with E-state index in [9.17, 15) is 0 Å². The highest BCUT2D eigenvalue weighted by Gasteiger charge is 2.30. The number of fused-ring (bicyclic) bond motifs is 1. The summed E-state index contributed by atoms with van der Waals surface area (Å²) in [5.41, 5.74) is 2.56. The minimum Gasteiger partial charge on any atom is -0.457 e. The lowest BCUT2D eigenvalue weighted by Crippen LogP contribution is -2.32. The highest BCUT2D eigenvalue weighted by molar-refractivity contribution is 7.87. The molecule has 1 aliphatic heterocycles. The Morgan fingerprint density at radius 2 is 1.23 bits per heavy atom. The van der Waals surface area contributed by atoms with Gasteiger partial charge in [0.15, 0.2) is 11.5 Å². The summed E-state index contributed by atoms with van der Waals surface area (Å²) in [7, 11) is -2.60. The molecule has 5 aromatic carbocycles. The Hall–Kier alpha value is -5.36. The summed E-state index contributed by atoms with van der Waals surface area (Å²) in [5, 5.41) is 13.2. The number of benzene rings is 5. The molecule has 1 atom stereocenters. The first kappa shape index (κ1) is 30.0. The monoisotopic (exact) mass is 646 g/mol. The second-order valence-electron chi connectivity index (χ2n) is 11.9. The van der Waals surface area contributed by atoms with Crippen molar-refractivity contribution >= 4 is 39.8 Å². The Balaban J connectivity index is 1.38. The molecule has 0 unspecified atom stereocenters. The summed E-state index contributed by atoms with van der Waals surface area (Å²) in [4.78, 5) is 9.82. The molecule has 8 heteroatoms. The maximum atomic E-state index is 6.12. The van der Waals surface area contributed by atoms with Crippen LogP contribution in [0.3, 0.4) is 0 Å². The van der Waals surface area contributed by atoms with Crippen molar-refractivity contribution in [3.8, 4) is 22.8 Å². The Morgan fingerprint density at radius 1 is 0.667 bits per heavy atom. The average Bonchev–Trinajstić information content (AvgIpc) is 3.57. The molecule has 1 aliphatic rings. The van der Waals surface area contributed by atoms with Crippen molar-refractivity contribution < 1.29 is 4.74 Å². The lowest BCUT2D eigenvalue weighted by Gasteiger charge is -2.26. The molecule has 1 fully saturated rings. The third-order valence-corrected chi connectivity index (χ3v) is 12.5. The van der Waals surface area contributed by atoms with Crippen molar-refractivity contribution in [1.82, 2.24) is 25.1 Å². The van der Waals surface area contributed by atoms with Crippen LogP contribution in [0.1, 0.15) is 18.9 Å². The van der Waals surface area contributed by atoms with Crippen LogP contribution in [0.5, 0.6) is 11.5 Å². The zero-order valence-electron chi connectivity index (χ0n) is 26.4. The van der Waals surface area contributed by atoms with Crippen molar-refractivity contribution in [1.29, 1.82) is 0 Å². The van der Waals surface area contributed by atoms with E-state index in [0.29, 0.717) is 5.82 Å². The van der Waals surface area contributed by atoms with Gasteiger partial charge in [0, 0.05) is 28.0 Å². The van der Waals surface area contributed by atoms with Crippen LogP contribution in [0.2, 0.25) is 0 Å². The molecular weight excluding hydrogens is 611 g/mol. The standard InChI is InChI=1S/C40H35N6OP/c1-5-15-32(16-6-1)47-33-25-23-30(24-26-33)38-37-39(42-29-43-40(37)46(44-38)31-14-13-27-41-28-31)45-48(34-17-7-2-8-18-34,35-19-9-3-10-20-35)36-21-11-4-12-22-36/h1-12,15-26,29,31,41H,13-14,27-28H2/t31-/m1/s1.